The molecule has 0 bridgehead atoms. The highest BCUT2D eigenvalue weighted by molar-refractivity contribution is 9.10. The lowest BCUT2D eigenvalue weighted by atomic mass is 10.2. The Hall–Kier alpha value is 0.170. The summed E-state index contributed by atoms with van der Waals surface area (Å²) in [6, 6.07) is 0. The van der Waals surface area contributed by atoms with Crippen molar-refractivity contribution in [2.24, 2.45) is 0 Å². The Morgan fingerprint density at radius 1 is 1.62 bits per heavy atom. The zero-order valence-electron chi connectivity index (χ0n) is 7.93. The van der Waals surface area contributed by atoms with Gasteiger partial charge in [-0.3, -0.25) is 4.68 Å². The highest BCUT2D eigenvalue weighted by atomic mass is 79.9. The molecule has 74 valence electrons. The zero-order chi connectivity index (χ0) is 9.84. The molecular formula is C9H14Br2N2. The van der Waals surface area contributed by atoms with Gasteiger partial charge in [0, 0.05) is 11.4 Å². The number of rotatable bonds is 4. The Kier molecular flexibility index (Phi) is 4.46. The van der Waals surface area contributed by atoms with Crippen molar-refractivity contribution in [2.45, 2.75) is 38.1 Å². The van der Waals surface area contributed by atoms with Crippen molar-refractivity contribution >= 4 is 31.9 Å². The summed E-state index contributed by atoms with van der Waals surface area (Å²) in [6.45, 7) is 5.22. The normalized spacial score (nSPS) is 13.2. The van der Waals surface area contributed by atoms with Crippen molar-refractivity contribution in [2.75, 3.05) is 0 Å². The Morgan fingerprint density at radius 3 is 2.85 bits per heavy atom. The maximum Gasteiger partial charge on any atom is 0.0635 e. The molecule has 0 saturated carbocycles. The van der Waals surface area contributed by atoms with Crippen LogP contribution in [0, 0.1) is 0 Å². The lowest BCUT2D eigenvalue weighted by molar-refractivity contribution is 0.609. The van der Waals surface area contributed by atoms with Gasteiger partial charge in [-0.05, 0) is 35.7 Å². The largest absolute Gasteiger partial charge is 0.269 e. The Balaban J connectivity index is 2.68. The summed E-state index contributed by atoms with van der Waals surface area (Å²) in [7, 11) is 0. The van der Waals surface area contributed by atoms with Crippen LogP contribution >= 0.6 is 31.9 Å². The summed E-state index contributed by atoms with van der Waals surface area (Å²) >= 11 is 7.06. The van der Waals surface area contributed by atoms with Crippen LogP contribution in [0.5, 0.6) is 0 Å². The number of halogens is 2. The van der Waals surface area contributed by atoms with Crippen LogP contribution in [0.1, 0.15) is 26.0 Å². The Morgan fingerprint density at radius 2 is 2.31 bits per heavy atom. The van der Waals surface area contributed by atoms with E-state index >= 15 is 0 Å². The second kappa shape index (κ2) is 5.15. The smallest absolute Gasteiger partial charge is 0.0635 e. The molecule has 0 aliphatic carbocycles. The molecule has 0 aromatic carbocycles. The molecule has 2 nitrogen and oxygen atoms in total. The predicted molar refractivity (Wildman–Crippen MR) is 62.3 cm³/mol. The minimum atomic E-state index is 0.569. The lowest BCUT2D eigenvalue weighted by Crippen LogP contribution is -2.04. The molecule has 1 heterocycles. The molecule has 0 spiro atoms. The third-order valence-corrected chi connectivity index (χ3v) is 3.10. The quantitative estimate of drug-likeness (QED) is 0.780. The topological polar surface area (TPSA) is 17.8 Å². The van der Waals surface area contributed by atoms with E-state index in [2.05, 4.69) is 50.8 Å². The van der Waals surface area contributed by atoms with E-state index in [1.165, 1.54) is 5.69 Å². The molecule has 4 heteroatoms. The molecule has 0 amide bonds. The van der Waals surface area contributed by atoms with Gasteiger partial charge < -0.3 is 0 Å². The van der Waals surface area contributed by atoms with Crippen molar-refractivity contribution in [1.29, 1.82) is 0 Å². The van der Waals surface area contributed by atoms with Gasteiger partial charge in [0.1, 0.15) is 0 Å². The van der Waals surface area contributed by atoms with Gasteiger partial charge in [-0.1, -0.05) is 22.9 Å². The third kappa shape index (κ3) is 3.09. The monoisotopic (exact) mass is 308 g/mol. The molecule has 0 fully saturated rings. The van der Waals surface area contributed by atoms with Gasteiger partial charge >= 0.3 is 0 Å². The maximum absolute atomic E-state index is 4.27. The van der Waals surface area contributed by atoms with Crippen molar-refractivity contribution in [3.05, 3.63) is 16.4 Å². The van der Waals surface area contributed by atoms with E-state index in [0.717, 1.165) is 23.9 Å². The van der Waals surface area contributed by atoms with E-state index in [9.17, 15) is 0 Å². The van der Waals surface area contributed by atoms with Gasteiger partial charge in [0.25, 0.3) is 0 Å². The minimum absolute atomic E-state index is 0.569. The standard InChI is InChI=1S/C9H14Br2N2/c1-3-13-9(5-4-7(2)10)8(11)6-12-13/h6-7H,3-5H2,1-2H3. The number of hydrogen-bond acceptors (Lipinski definition) is 1. The van der Waals surface area contributed by atoms with Gasteiger partial charge in [0.05, 0.1) is 16.4 Å². The van der Waals surface area contributed by atoms with Crippen LogP contribution in [0.3, 0.4) is 0 Å². The lowest BCUT2D eigenvalue weighted by Gasteiger charge is -2.06. The first kappa shape index (κ1) is 11.2. The first-order valence-corrected chi connectivity index (χ1v) is 6.20. The van der Waals surface area contributed by atoms with Crippen molar-refractivity contribution in [3.8, 4) is 0 Å². The van der Waals surface area contributed by atoms with E-state index in [1.807, 2.05) is 10.9 Å². The summed E-state index contributed by atoms with van der Waals surface area (Å²) in [6.07, 6.45) is 4.09. The summed E-state index contributed by atoms with van der Waals surface area (Å²) < 4.78 is 3.17. The number of aryl methyl sites for hydroxylation is 1. The number of aromatic nitrogens is 2. The van der Waals surface area contributed by atoms with E-state index < -0.39 is 0 Å². The molecular weight excluding hydrogens is 296 g/mol. The first-order chi connectivity index (χ1) is 6.15. The Labute approximate surface area is 96.0 Å². The van der Waals surface area contributed by atoms with Crippen LogP contribution in [-0.2, 0) is 13.0 Å². The third-order valence-electron chi connectivity index (χ3n) is 1.98. The fraction of sp³-hybridized carbons (Fsp3) is 0.667. The van der Waals surface area contributed by atoms with Gasteiger partial charge in [-0.15, -0.1) is 0 Å². The van der Waals surface area contributed by atoms with Crippen LogP contribution in [-0.4, -0.2) is 14.6 Å². The van der Waals surface area contributed by atoms with Crippen LogP contribution in [0.4, 0.5) is 0 Å². The number of nitrogens with zero attached hydrogens (tertiary/aromatic N) is 2. The number of hydrogen-bond donors (Lipinski definition) is 0. The Bertz CT molecular complexity index is 269. The van der Waals surface area contributed by atoms with E-state index in [1.54, 1.807) is 0 Å². The minimum Gasteiger partial charge on any atom is -0.269 e. The average Bonchev–Trinajstić information content (AvgIpc) is 2.43. The second-order valence-corrected chi connectivity index (χ2v) is 5.49. The fourth-order valence-corrected chi connectivity index (χ4v) is 1.97. The summed E-state index contributed by atoms with van der Waals surface area (Å²) in [4.78, 5) is 0.569. The average molecular weight is 310 g/mol. The van der Waals surface area contributed by atoms with Crippen molar-refractivity contribution < 1.29 is 0 Å². The molecule has 0 N–H and O–H groups in total. The van der Waals surface area contributed by atoms with Gasteiger partial charge in [-0.2, -0.15) is 5.10 Å². The first-order valence-electron chi connectivity index (χ1n) is 4.49. The molecule has 0 saturated heterocycles. The molecule has 0 radical (unpaired) electrons. The molecule has 0 aliphatic rings. The highest BCUT2D eigenvalue weighted by Crippen LogP contribution is 2.19. The number of alkyl halides is 1. The maximum atomic E-state index is 4.27. The molecule has 1 rings (SSSR count). The van der Waals surface area contributed by atoms with E-state index in [0.29, 0.717) is 4.83 Å². The van der Waals surface area contributed by atoms with E-state index in [4.69, 9.17) is 0 Å². The van der Waals surface area contributed by atoms with Crippen LogP contribution in [0.2, 0.25) is 0 Å². The molecule has 0 aliphatic heterocycles. The van der Waals surface area contributed by atoms with Crippen LogP contribution in [0.15, 0.2) is 10.7 Å². The molecule has 1 aromatic heterocycles. The summed E-state index contributed by atoms with van der Waals surface area (Å²) in [5.41, 5.74) is 1.30. The van der Waals surface area contributed by atoms with Crippen molar-refractivity contribution in [1.82, 2.24) is 9.78 Å². The molecule has 1 aromatic rings. The van der Waals surface area contributed by atoms with Gasteiger partial charge in [0.15, 0.2) is 0 Å². The predicted octanol–water partition coefficient (Wildman–Crippen LogP) is 3.38. The molecule has 1 unspecified atom stereocenters. The SMILES string of the molecule is CCn1ncc(Br)c1CCC(C)Br. The van der Waals surface area contributed by atoms with E-state index in [-0.39, 0.29) is 0 Å². The fourth-order valence-electron chi connectivity index (χ4n) is 1.24. The van der Waals surface area contributed by atoms with Gasteiger partial charge in [0.2, 0.25) is 0 Å². The van der Waals surface area contributed by atoms with Crippen LogP contribution < -0.4 is 0 Å². The van der Waals surface area contributed by atoms with Crippen LogP contribution in [0.25, 0.3) is 0 Å². The second-order valence-electron chi connectivity index (χ2n) is 3.07. The summed E-state index contributed by atoms with van der Waals surface area (Å²) in [5.74, 6) is 0. The van der Waals surface area contributed by atoms with Crippen molar-refractivity contribution in [3.63, 3.8) is 0 Å². The highest BCUT2D eigenvalue weighted by Gasteiger charge is 2.08. The zero-order valence-corrected chi connectivity index (χ0v) is 11.1. The molecule has 1 atom stereocenters. The molecule has 13 heavy (non-hydrogen) atoms. The summed E-state index contributed by atoms with van der Waals surface area (Å²) in [5, 5.41) is 4.27. The van der Waals surface area contributed by atoms with Gasteiger partial charge in [-0.25, -0.2) is 0 Å².